The summed E-state index contributed by atoms with van der Waals surface area (Å²) in [5, 5.41) is 12.3. The maximum Gasteiger partial charge on any atom is 0.225 e. The summed E-state index contributed by atoms with van der Waals surface area (Å²) < 4.78 is 5.33. The van der Waals surface area contributed by atoms with Crippen LogP contribution in [0.4, 0.5) is 0 Å². The van der Waals surface area contributed by atoms with Gasteiger partial charge >= 0.3 is 0 Å². The van der Waals surface area contributed by atoms with Crippen LogP contribution in [-0.4, -0.2) is 74.1 Å². The van der Waals surface area contributed by atoms with Gasteiger partial charge in [0.05, 0.1) is 30.6 Å². The van der Waals surface area contributed by atoms with Crippen molar-refractivity contribution in [2.75, 3.05) is 52.5 Å². The van der Waals surface area contributed by atoms with E-state index in [1.54, 1.807) is 4.90 Å². The molecule has 2 amide bonds. The predicted molar refractivity (Wildman–Crippen MR) is 91.5 cm³/mol. The van der Waals surface area contributed by atoms with E-state index < -0.39 is 5.41 Å². The van der Waals surface area contributed by atoms with E-state index in [9.17, 15) is 14.9 Å². The Hall–Kier alpha value is -1.65. The van der Waals surface area contributed by atoms with Crippen LogP contribution in [0.2, 0.25) is 0 Å². The monoisotopic (exact) mass is 348 g/mol. The quantitative estimate of drug-likeness (QED) is 0.749. The molecule has 25 heavy (non-hydrogen) atoms. The molecule has 0 bridgehead atoms. The smallest absolute Gasteiger partial charge is 0.225 e. The van der Waals surface area contributed by atoms with Crippen molar-refractivity contribution < 1.29 is 14.3 Å². The Bertz CT molecular complexity index is 533. The summed E-state index contributed by atoms with van der Waals surface area (Å²) in [6, 6.07) is 2.39. The minimum absolute atomic E-state index is 0.0595. The summed E-state index contributed by atoms with van der Waals surface area (Å²) in [5.41, 5.74) is -0.395. The van der Waals surface area contributed by atoms with Gasteiger partial charge in [-0.15, -0.1) is 0 Å². The number of nitrogens with zero attached hydrogens (tertiary/aromatic N) is 3. The van der Waals surface area contributed by atoms with Gasteiger partial charge in [-0.05, 0) is 12.8 Å². The highest BCUT2D eigenvalue weighted by Gasteiger charge is 2.37. The lowest BCUT2D eigenvalue weighted by Crippen LogP contribution is -2.42. The van der Waals surface area contributed by atoms with Crippen LogP contribution in [0.5, 0.6) is 0 Å². The molecular weight excluding hydrogens is 320 g/mol. The summed E-state index contributed by atoms with van der Waals surface area (Å²) in [7, 11) is 0. The highest BCUT2D eigenvalue weighted by Crippen LogP contribution is 2.36. The number of carbonyl (C=O) groups excluding carboxylic acids is 2. The fraction of sp³-hybridized carbons (Fsp3) is 0.833. The molecule has 2 aliphatic heterocycles. The van der Waals surface area contributed by atoms with Gasteiger partial charge in [-0.3, -0.25) is 14.5 Å². The first-order valence-electron chi connectivity index (χ1n) is 9.39. The number of nitriles is 1. The first-order chi connectivity index (χ1) is 12.1. The number of amides is 2. The van der Waals surface area contributed by atoms with E-state index in [-0.39, 0.29) is 24.2 Å². The van der Waals surface area contributed by atoms with Crippen molar-refractivity contribution in [3.05, 3.63) is 0 Å². The Morgan fingerprint density at radius 2 is 2.00 bits per heavy atom. The number of hydrogen-bond donors (Lipinski definition) is 1. The molecule has 2 heterocycles. The SMILES string of the molecule is N#CC1(CNC(=O)C2CC(=O)N(CCN3CCOCC3)C2)CCCC1. The molecule has 0 aromatic rings. The lowest BCUT2D eigenvalue weighted by atomic mass is 9.88. The van der Waals surface area contributed by atoms with E-state index in [4.69, 9.17) is 4.74 Å². The molecule has 7 heteroatoms. The van der Waals surface area contributed by atoms with E-state index in [1.807, 2.05) is 0 Å². The summed E-state index contributed by atoms with van der Waals surface area (Å²) >= 11 is 0. The molecule has 138 valence electrons. The van der Waals surface area contributed by atoms with Crippen molar-refractivity contribution in [3.63, 3.8) is 0 Å². The number of likely N-dealkylation sites (tertiary alicyclic amines) is 1. The van der Waals surface area contributed by atoms with Gasteiger partial charge in [0.1, 0.15) is 0 Å². The molecule has 1 aliphatic carbocycles. The summed E-state index contributed by atoms with van der Waals surface area (Å²) in [6.07, 6.45) is 4.12. The van der Waals surface area contributed by atoms with Crippen molar-refractivity contribution in [1.29, 1.82) is 5.26 Å². The molecule has 1 atom stereocenters. The third-order valence-electron chi connectivity index (χ3n) is 5.77. The standard InChI is InChI=1S/C18H28N4O3/c19-13-18(3-1-2-4-18)14-20-17(24)15-11-16(23)22(12-15)6-5-21-7-9-25-10-8-21/h15H,1-12,14H2,(H,20,24). The fourth-order valence-corrected chi connectivity index (χ4v) is 4.03. The lowest BCUT2D eigenvalue weighted by Gasteiger charge is -2.28. The number of nitrogens with one attached hydrogen (secondary N) is 1. The van der Waals surface area contributed by atoms with Crippen LogP contribution in [0.15, 0.2) is 0 Å². The summed E-state index contributed by atoms with van der Waals surface area (Å²) in [4.78, 5) is 28.7. The van der Waals surface area contributed by atoms with E-state index in [2.05, 4.69) is 16.3 Å². The van der Waals surface area contributed by atoms with Gasteiger partial charge in [-0.1, -0.05) is 12.8 Å². The maximum atomic E-state index is 12.4. The Kier molecular flexibility index (Phi) is 5.92. The fourth-order valence-electron chi connectivity index (χ4n) is 4.03. The molecule has 0 aromatic heterocycles. The van der Waals surface area contributed by atoms with Crippen LogP contribution in [0.25, 0.3) is 0 Å². The van der Waals surface area contributed by atoms with Gasteiger partial charge in [0.25, 0.3) is 0 Å². The van der Waals surface area contributed by atoms with Gasteiger partial charge in [0.2, 0.25) is 11.8 Å². The van der Waals surface area contributed by atoms with E-state index in [0.717, 1.165) is 58.5 Å². The number of rotatable bonds is 6. The molecule has 0 spiro atoms. The molecule has 1 saturated carbocycles. The van der Waals surface area contributed by atoms with Crippen LogP contribution in [0, 0.1) is 22.7 Å². The lowest BCUT2D eigenvalue weighted by molar-refractivity contribution is -0.129. The van der Waals surface area contributed by atoms with Crippen LogP contribution >= 0.6 is 0 Å². The van der Waals surface area contributed by atoms with E-state index >= 15 is 0 Å². The van der Waals surface area contributed by atoms with Crippen LogP contribution in [-0.2, 0) is 14.3 Å². The number of morpholine rings is 1. The minimum atomic E-state index is -0.395. The third-order valence-corrected chi connectivity index (χ3v) is 5.77. The van der Waals surface area contributed by atoms with Crippen molar-refractivity contribution in [2.45, 2.75) is 32.1 Å². The maximum absolute atomic E-state index is 12.4. The van der Waals surface area contributed by atoms with Gasteiger partial charge in [0.15, 0.2) is 0 Å². The van der Waals surface area contributed by atoms with Gasteiger partial charge < -0.3 is 15.0 Å². The molecule has 0 radical (unpaired) electrons. The Morgan fingerprint density at radius 3 is 2.68 bits per heavy atom. The minimum Gasteiger partial charge on any atom is -0.379 e. The molecule has 3 aliphatic rings. The predicted octanol–water partition coefficient (Wildman–Crippen LogP) is 0.367. The average Bonchev–Trinajstić information content (AvgIpc) is 3.26. The Morgan fingerprint density at radius 1 is 1.28 bits per heavy atom. The largest absolute Gasteiger partial charge is 0.379 e. The van der Waals surface area contributed by atoms with Crippen molar-refractivity contribution in [2.24, 2.45) is 11.3 Å². The number of ether oxygens (including phenoxy) is 1. The van der Waals surface area contributed by atoms with Crippen LogP contribution in [0.1, 0.15) is 32.1 Å². The molecule has 2 saturated heterocycles. The van der Waals surface area contributed by atoms with Crippen molar-refractivity contribution in [1.82, 2.24) is 15.1 Å². The molecule has 3 rings (SSSR count). The second-order valence-corrected chi connectivity index (χ2v) is 7.51. The summed E-state index contributed by atoms with van der Waals surface area (Å²) in [6.45, 7) is 5.73. The Balaban J connectivity index is 1.43. The highest BCUT2D eigenvalue weighted by molar-refractivity contribution is 5.89. The number of hydrogen-bond acceptors (Lipinski definition) is 5. The van der Waals surface area contributed by atoms with Crippen LogP contribution in [0.3, 0.4) is 0 Å². The molecular formula is C18H28N4O3. The van der Waals surface area contributed by atoms with E-state index in [0.29, 0.717) is 19.6 Å². The topological polar surface area (TPSA) is 85.7 Å². The molecule has 1 N–H and O–H groups in total. The van der Waals surface area contributed by atoms with E-state index in [1.165, 1.54) is 0 Å². The zero-order chi connectivity index (χ0) is 17.7. The van der Waals surface area contributed by atoms with Gasteiger partial charge in [0, 0.05) is 45.7 Å². The van der Waals surface area contributed by atoms with Crippen molar-refractivity contribution >= 4 is 11.8 Å². The summed E-state index contributed by atoms with van der Waals surface area (Å²) in [5.74, 6) is -0.303. The molecule has 1 unspecified atom stereocenters. The van der Waals surface area contributed by atoms with Gasteiger partial charge in [-0.2, -0.15) is 5.26 Å². The normalized spacial score (nSPS) is 26.6. The highest BCUT2D eigenvalue weighted by atomic mass is 16.5. The first kappa shape index (κ1) is 18.2. The van der Waals surface area contributed by atoms with Crippen molar-refractivity contribution in [3.8, 4) is 6.07 Å². The van der Waals surface area contributed by atoms with Crippen LogP contribution < -0.4 is 5.32 Å². The Labute approximate surface area is 149 Å². The third kappa shape index (κ3) is 4.50. The molecule has 3 fully saturated rings. The van der Waals surface area contributed by atoms with Gasteiger partial charge in [-0.25, -0.2) is 0 Å². The zero-order valence-corrected chi connectivity index (χ0v) is 14.8. The second kappa shape index (κ2) is 8.15. The second-order valence-electron chi connectivity index (χ2n) is 7.51. The molecule has 7 nitrogen and oxygen atoms in total. The number of carbonyl (C=O) groups is 2. The average molecular weight is 348 g/mol. The zero-order valence-electron chi connectivity index (χ0n) is 14.8. The first-order valence-corrected chi connectivity index (χ1v) is 9.39. The molecule has 0 aromatic carbocycles.